The molecular weight excluding hydrogens is 444 g/mol. The van der Waals surface area contributed by atoms with Crippen molar-refractivity contribution in [2.75, 3.05) is 13.7 Å². The number of hydrogen-bond acceptors (Lipinski definition) is 7. The number of aliphatic carboxylic acids is 1. The number of nitrogens with one attached hydrogen (secondary N) is 2. The van der Waals surface area contributed by atoms with E-state index in [4.69, 9.17) is 19.3 Å². The van der Waals surface area contributed by atoms with Crippen molar-refractivity contribution >= 4 is 24.4 Å². The largest absolute Gasteiger partial charge is 0.480 e. The van der Waals surface area contributed by atoms with Gasteiger partial charge in [0.2, 0.25) is 6.41 Å². The lowest BCUT2D eigenvalue weighted by molar-refractivity contribution is -0.157. The lowest BCUT2D eigenvalue weighted by Crippen LogP contribution is -2.45. The Kier molecular flexibility index (Phi) is 22.9. The van der Waals surface area contributed by atoms with Gasteiger partial charge in [-0.05, 0) is 68.7 Å². The van der Waals surface area contributed by atoms with E-state index in [0.29, 0.717) is 12.8 Å². The van der Waals surface area contributed by atoms with Crippen LogP contribution in [0.15, 0.2) is 0 Å². The predicted octanol–water partition coefficient (Wildman–Crippen LogP) is 4.30. The molecule has 0 bridgehead atoms. The van der Waals surface area contributed by atoms with Crippen LogP contribution < -0.4 is 10.6 Å². The molecule has 0 radical (unpaired) electrons. The number of methoxy groups -OCH3 is 1. The fourth-order valence-corrected chi connectivity index (χ4v) is 1.49. The van der Waals surface area contributed by atoms with Crippen molar-refractivity contribution in [2.45, 2.75) is 119 Å². The number of carboxylic acid groups (broad SMARTS) is 1. The SMILES string of the molecule is CC.CCCC(NC(=O)OC(C)(C)C)C(=O)OC(C)(C)C.COC(C)(C)C.O=CNCC(=O)O. The average molecular weight is 495 g/mol. The second-order valence-electron chi connectivity index (χ2n) is 9.73. The Morgan fingerprint density at radius 1 is 0.882 bits per heavy atom. The Balaban J connectivity index is -0.000000245. The molecule has 0 fully saturated rings. The Morgan fingerprint density at radius 3 is 1.53 bits per heavy atom. The maximum Gasteiger partial charge on any atom is 0.408 e. The fourth-order valence-electron chi connectivity index (χ4n) is 1.49. The summed E-state index contributed by atoms with van der Waals surface area (Å²) in [7, 11) is 1.71. The number of esters is 1. The van der Waals surface area contributed by atoms with E-state index < -0.39 is 35.3 Å². The molecule has 0 aromatic rings. The van der Waals surface area contributed by atoms with Gasteiger partial charge in [0.15, 0.2) is 0 Å². The highest BCUT2D eigenvalue weighted by molar-refractivity contribution is 5.81. The quantitative estimate of drug-likeness (QED) is 0.351. The third-order valence-electron chi connectivity index (χ3n) is 2.91. The molecule has 0 saturated carbocycles. The van der Waals surface area contributed by atoms with E-state index in [2.05, 4.69) is 5.32 Å². The van der Waals surface area contributed by atoms with Crippen LogP contribution in [0, 0.1) is 0 Å². The molecule has 0 aromatic heterocycles. The van der Waals surface area contributed by atoms with E-state index in [-0.39, 0.29) is 12.1 Å². The first kappa shape index (κ1) is 38.9. The number of alkyl carbamates (subject to hydrolysis) is 1. The van der Waals surface area contributed by atoms with Crippen LogP contribution in [0.5, 0.6) is 0 Å². The van der Waals surface area contributed by atoms with E-state index in [0.717, 1.165) is 6.42 Å². The number of carboxylic acids is 1. The molecule has 0 aliphatic heterocycles. The van der Waals surface area contributed by atoms with Crippen LogP contribution in [-0.2, 0) is 28.6 Å². The van der Waals surface area contributed by atoms with Gasteiger partial charge in [0.25, 0.3) is 0 Å². The van der Waals surface area contributed by atoms with Crippen molar-refractivity contribution in [3.63, 3.8) is 0 Å². The highest BCUT2D eigenvalue weighted by Gasteiger charge is 2.27. The van der Waals surface area contributed by atoms with Crippen molar-refractivity contribution < 1.29 is 38.5 Å². The number of ether oxygens (including phenoxy) is 3. The molecule has 3 N–H and O–H groups in total. The average Bonchev–Trinajstić information content (AvgIpc) is 2.65. The summed E-state index contributed by atoms with van der Waals surface area (Å²) in [6.07, 6.45) is 1.03. The minimum atomic E-state index is -1.04. The lowest BCUT2D eigenvalue weighted by Gasteiger charge is -2.26. The minimum Gasteiger partial charge on any atom is -0.480 e. The van der Waals surface area contributed by atoms with Crippen LogP contribution in [0.25, 0.3) is 0 Å². The topological polar surface area (TPSA) is 140 Å². The van der Waals surface area contributed by atoms with Crippen LogP contribution in [0.3, 0.4) is 0 Å². The van der Waals surface area contributed by atoms with Gasteiger partial charge in [-0.1, -0.05) is 27.2 Å². The molecule has 204 valence electrons. The molecule has 0 saturated heterocycles. The van der Waals surface area contributed by atoms with E-state index >= 15 is 0 Å². The summed E-state index contributed by atoms with van der Waals surface area (Å²) in [6.45, 7) is 22.4. The monoisotopic (exact) mass is 494 g/mol. The normalized spacial score (nSPS) is 11.4. The van der Waals surface area contributed by atoms with Crippen LogP contribution in [0.4, 0.5) is 4.79 Å². The van der Waals surface area contributed by atoms with Crippen molar-refractivity contribution in [3.05, 3.63) is 0 Å². The standard InChI is InChI=1S/C14H27NO4.C5H12O.C3H5NO3.C2H6/c1-8-9-10(11(16)18-13(2,3)4)15-12(17)19-14(5,6)7;1-5(2,3)6-4;5-2-4-1-3(6)7;1-2/h10H,8-9H2,1-7H3,(H,15,17);1-4H3;2H,1H2,(H,4,5)(H,6,7);1-2H3. The smallest absolute Gasteiger partial charge is 0.408 e. The fraction of sp³-hybridized carbons (Fsp3) is 0.833. The van der Waals surface area contributed by atoms with Gasteiger partial charge in [-0.3, -0.25) is 9.59 Å². The number of carbonyl (C=O) groups is 4. The van der Waals surface area contributed by atoms with Gasteiger partial charge < -0.3 is 30.0 Å². The zero-order valence-electron chi connectivity index (χ0n) is 23.6. The van der Waals surface area contributed by atoms with E-state index in [1.54, 1.807) is 48.7 Å². The first-order chi connectivity index (χ1) is 15.3. The Morgan fingerprint density at radius 2 is 1.29 bits per heavy atom. The first-order valence-electron chi connectivity index (χ1n) is 11.4. The minimum absolute atomic E-state index is 0.0417. The molecule has 10 nitrogen and oxygen atoms in total. The number of hydrogen-bond donors (Lipinski definition) is 3. The third kappa shape index (κ3) is 37.0. The van der Waals surface area contributed by atoms with E-state index in [1.807, 2.05) is 46.9 Å². The zero-order valence-corrected chi connectivity index (χ0v) is 23.6. The lowest BCUT2D eigenvalue weighted by atomic mass is 10.1. The van der Waals surface area contributed by atoms with Crippen LogP contribution in [0.1, 0.15) is 95.9 Å². The van der Waals surface area contributed by atoms with Gasteiger partial charge in [0, 0.05) is 7.11 Å². The van der Waals surface area contributed by atoms with Crippen LogP contribution in [-0.4, -0.2) is 66.0 Å². The summed E-state index contributed by atoms with van der Waals surface area (Å²) in [6, 6.07) is -0.668. The number of amides is 2. The summed E-state index contributed by atoms with van der Waals surface area (Å²) in [5, 5.41) is 12.4. The second-order valence-corrected chi connectivity index (χ2v) is 9.73. The third-order valence-corrected chi connectivity index (χ3v) is 2.91. The molecule has 1 unspecified atom stereocenters. The summed E-state index contributed by atoms with van der Waals surface area (Å²) in [5.74, 6) is -1.47. The molecule has 2 amide bonds. The van der Waals surface area contributed by atoms with Gasteiger partial charge in [-0.2, -0.15) is 0 Å². The van der Waals surface area contributed by atoms with Crippen molar-refractivity contribution in [3.8, 4) is 0 Å². The summed E-state index contributed by atoms with van der Waals surface area (Å²) in [5.41, 5.74) is -1.12. The van der Waals surface area contributed by atoms with Gasteiger partial charge in [-0.15, -0.1) is 0 Å². The van der Waals surface area contributed by atoms with Crippen LogP contribution in [0.2, 0.25) is 0 Å². The first-order valence-corrected chi connectivity index (χ1v) is 11.4. The molecule has 34 heavy (non-hydrogen) atoms. The molecule has 0 aromatic carbocycles. The molecule has 0 heterocycles. The van der Waals surface area contributed by atoms with E-state index in [9.17, 15) is 19.2 Å². The van der Waals surface area contributed by atoms with E-state index in [1.165, 1.54) is 0 Å². The van der Waals surface area contributed by atoms with Gasteiger partial charge >= 0.3 is 18.0 Å². The Labute approximate surface area is 206 Å². The van der Waals surface area contributed by atoms with Gasteiger partial charge in [0.1, 0.15) is 23.8 Å². The molecule has 10 heteroatoms. The summed E-state index contributed by atoms with van der Waals surface area (Å²) in [4.78, 5) is 42.5. The molecule has 0 aliphatic rings. The molecule has 0 aliphatic carbocycles. The second kappa shape index (κ2) is 20.1. The maximum absolute atomic E-state index is 12.0. The van der Waals surface area contributed by atoms with Crippen molar-refractivity contribution in [1.29, 1.82) is 0 Å². The molecular formula is C24H50N2O8. The van der Waals surface area contributed by atoms with Gasteiger partial charge in [-0.25, -0.2) is 9.59 Å². The van der Waals surface area contributed by atoms with Crippen LogP contribution >= 0.6 is 0 Å². The Hall–Kier alpha value is -2.36. The summed E-state index contributed by atoms with van der Waals surface area (Å²) >= 11 is 0. The molecule has 0 rings (SSSR count). The zero-order chi connectivity index (χ0) is 28.2. The van der Waals surface area contributed by atoms with Crippen molar-refractivity contribution in [2.24, 2.45) is 0 Å². The summed E-state index contributed by atoms with van der Waals surface area (Å²) < 4.78 is 15.3. The highest BCUT2D eigenvalue weighted by Crippen LogP contribution is 2.12. The molecule has 0 spiro atoms. The maximum atomic E-state index is 12.0. The Bertz CT molecular complexity index is 559. The predicted molar refractivity (Wildman–Crippen MR) is 134 cm³/mol. The number of carbonyl (C=O) groups excluding carboxylic acids is 3. The molecule has 1 atom stereocenters. The van der Waals surface area contributed by atoms with Crippen molar-refractivity contribution in [1.82, 2.24) is 10.6 Å². The van der Waals surface area contributed by atoms with Gasteiger partial charge in [0.05, 0.1) is 5.60 Å². The number of rotatable bonds is 7. The highest BCUT2D eigenvalue weighted by atomic mass is 16.6.